The molecule has 0 bridgehead atoms. The van der Waals surface area contributed by atoms with Crippen molar-refractivity contribution in [3.8, 4) is 0 Å². The van der Waals surface area contributed by atoms with Gasteiger partial charge in [-0.05, 0) is 104 Å². The van der Waals surface area contributed by atoms with Crippen LogP contribution in [0.2, 0.25) is 0 Å². The zero-order chi connectivity index (χ0) is 21.0. The van der Waals surface area contributed by atoms with Gasteiger partial charge in [-0.25, -0.2) is 0 Å². The highest BCUT2D eigenvalue weighted by Gasteiger charge is 2.58. The molecule has 0 saturated heterocycles. The molecule has 0 spiro atoms. The van der Waals surface area contributed by atoms with E-state index in [0.29, 0.717) is 10.8 Å². The summed E-state index contributed by atoms with van der Waals surface area (Å²) in [7, 11) is 0. The van der Waals surface area contributed by atoms with E-state index >= 15 is 0 Å². The van der Waals surface area contributed by atoms with Gasteiger partial charge in [-0.15, -0.1) is 0 Å². The number of rotatable bonds is 5. The van der Waals surface area contributed by atoms with E-state index < -0.39 is 0 Å². The van der Waals surface area contributed by atoms with Crippen LogP contribution in [0.25, 0.3) is 0 Å². The first-order valence-electron chi connectivity index (χ1n) is 13.0. The molecule has 0 aromatic rings. The van der Waals surface area contributed by atoms with Crippen LogP contribution in [-0.4, -0.2) is 11.2 Å². The number of aliphatic hydroxyl groups is 1. The van der Waals surface area contributed by atoms with Crippen molar-refractivity contribution >= 4 is 0 Å². The molecule has 0 amide bonds. The lowest BCUT2D eigenvalue weighted by Crippen LogP contribution is -2.49. The van der Waals surface area contributed by atoms with Crippen LogP contribution < -0.4 is 0 Å². The first-order valence-corrected chi connectivity index (χ1v) is 13.0. The molecule has 4 aliphatic rings. The van der Waals surface area contributed by atoms with Crippen LogP contribution in [0.1, 0.15) is 106 Å². The van der Waals surface area contributed by atoms with E-state index in [-0.39, 0.29) is 6.10 Å². The fourth-order valence-corrected chi connectivity index (χ4v) is 8.53. The Morgan fingerprint density at radius 2 is 1.62 bits per heavy atom. The quantitative estimate of drug-likeness (QED) is 0.470. The molecule has 3 saturated carbocycles. The highest BCUT2D eigenvalue weighted by Crippen LogP contribution is 2.67. The molecule has 4 aliphatic carbocycles. The highest BCUT2D eigenvalue weighted by atomic mass is 16.3. The summed E-state index contributed by atoms with van der Waals surface area (Å²) < 4.78 is 0. The third-order valence-electron chi connectivity index (χ3n) is 11.0. The van der Waals surface area contributed by atoms with E-state index in [1.165, 1.54) is 51.4 Å². The number of hydrogen-bond donors (Lipinski definition) is 1. The third kappa shape index (κ3) is 3.66. The zero-order valence-corrected chi connectivity index (χ0v) is 20.2. The molecule has 4 rings (SSSR count). The number of allylic oxidation sites excluding steroid dienone is 2. The number of fused-ring (bicyclic) bond motifs is 5. The van der Waals surface area contributed by atoms with Crippen LogP contribution in [0.3, 0.4) is 0 Å². The molecule has 3 fully saturated rings. The predicted octanol–water partition coefficient (Wildman–Crippen LogP) is 7.63. The Labute approximate surface area is 181 Å². The Kier molecular flexibility index (Phi) is 6.04. The van der Waals surface area contributed by atoms with Crippen molar-refractivity contribution < 1.29 is 5.11 Å². The van der Waals surface area contributed by atoms with Gasteiger partial charge in [0.1, 0.15) is 0 Å². The van der Waals surface area contributed by atoms with Crippen molar-refractivity contribution in [2.75, 3.05) is 0 Å². The summed E-state index contributed by atoms with van der Waals surface area (Å²) in [4.78, 5) is 0. The van der Waals surface area contributed by atoms with Crippen molar-refractivity contribution in [3.05, 3.63) is 11.6 Å². The maximum atomic E-state index is 10.2. The van der Waals surface area contributed by atoms with Gasteiger partial charge < -0.3 is 5.11 Å². The summed E-state index contributed by atoms with van der Waals surface area (Å²) in [5, 5.41) is 10.2. The number of hydrogen-bond acceptors (Lipinski definition) is 1. The zero-order valence-electron chi connectivity index (χ0n) is 20.2. The molecule has 0 aliphatic heterocycles. The second kappa shape index (κ2) is 7.99. The van der Waals surface area contributed by atoms with Crippen LogP contribution in [0, 0.1) is 52.3 Å². The second-order valence-corrected chi connectivity index (χ2v) is 12.7. The van der Waals surface area contributed by atoms with E-state index in [1.807, 2.05) is 5.57 Å². The van der Waals surface area contributed by atoms with Crippen LogP contribution >= 0.6 is 0 Å². The molecule has 1 nitrogen and oxygen atoms in total. The second-order valence-electron chi connectivity index (χ2n) is 12.7. The Hall–Kier alpha value is -0.300. The fourth-order valence-electron chi connectivity index (χ4n) is 8.53. The topological polar surface area (TPSA) is 20.2 Å². The van der Waals surface area contributed by atoms with Crippen molar-refractivity contribution in [3.63, 3.8) is 0 Å². The average Bonchev–Trinajstić information content (AvgIpc) is 3.03. The molecule has 166 valence electrons. The Bertz CT molecular complexity index is 620. The van der Waals surface area contributed by atoms with Gasteiger partial charge >= 0.3 is 0 Å². The molecule has 1 heteroatoms. The highest BCUT2D eigenvalue weighted by molar-refractivity contribution is 5.27. The standard InChI is InChI=1S/C28H48O/c1-18(2)19(3)7-8-20(4)24-11-12-25-23-10-9-21-17-22(29)13-15-27(21,5)26(23)14-16-28(24,25)6/h10,18-22,24-26,29H,7-9,11-17H2,1-6H3/t19-,20+,21+,22+,24-,25-,26-,27+,28-/m0/s1. The van der Waals surface area contributed by atoms with E-state index in [1.54, 1.807) is 0 Å². The van der Waals surface area contributed by atoms with Crippen LogP contribution in [0.15, 0.2) is 11.6 Å². The van der Waals surface area contributed by atoms with Crippen molar-refractivity contribution in [2.24, 2.45) is 52.3 Å². The van der Waals surface area contributed by atoms with E-state index in [4.69, 9.17) is 0 Å². The molecule has 0 aromatic heterocycles. The summed E-state index contributed by atoms with van der Waals surface area (Å²) in [5.41, 5.74) is 2.88. The minimum absolute atomic E-state index is 0.0400. The van der Waals surface area contributed by atoms with Gasteiger partial charge in [-0.1, -0.05) is 66.0 Å². The third-order valence-corrected chi connectivity index (χ3v) is 11.0. The first-order chi connectivity index (χ1) is 13.7. The molecular formula is C28H48O. The monoisotopic (exact) mass is 400 g/mol. The van der Waals surface area contributed by atoms with Crippen LogP contribution in [-0.2, 0) is 0 Å². The van der Waals surface area contributed by atoms with Gasteiger partial charge in [0, 0.05) is 0 Å². The van der Waals surface area contributed by atoms with Gasteiger partial charge in [0.05, 0.1) is 6.10 Å². The summed E-state index contributed by atoms with van der Waals surface area (Å²) in [6.45, 7) is 15.1. The molecule has 0 unspecified atom stereocenters. The molecule has 29 heavy (non-hydrogen) atoms. The average molecular weight is 401 g/mol. The SMILES string of the molecule is CC(C)[C@@H](C)CC[C@@H](C)[C@@H]1CC[C@H]2C3=CC[C@@H]4C[C@H](O)CC[C@@]4(C)[C@H]3CC[C@]21C. The first kappa shape index (κ1) is 21.9. The maximum absolute atomic E-state index is 10.2. The van der Waals surface area contributed by atoms with Gasteiger partial charge in [0.2, 0.25) is 0 Å². The smallest absolute Gasteiger partial charge is 0.0543 e. The molecule has 0 aromatic carbocycles. The van der Waals surface area contributed by atoms with Crippen molar-refractivity contribution in [1.29, 1.82) is 0 Å². The summed E-state index contributed by atoms with van der Waals surface area (Å²) in [6, 6.07) is 0. The molecular weight excluding hydrogens is 352 g/mol. The van der Waals surface area contributed by atoms with Gasteiger partial charge in [0.25, 0.3) is 0 Å². The lowest BCUT2D eigenvalue weighted by Gasteiger charge is -2.57. The molecule has 1 N–H and O–H groups in total. The minimum atomic E-state index is -0.0400. The minimum Gasteiger partial charge on any atom is -0.393 e. The summed E-state index contributed by atoms with van der Waals surface area (Å²) in [6.07, 6.45) is 15.8. The van der Waals surface area contributed by atoms with Gasteiger partial charge in [-0.2, -0.15) is 0 Å². The van der Waals surface area contributed by atoms with E-state index in [9.17, 15) is 5.11 Å². The summed E-state index contributed by atoms with van der Waals surface area (Å²) in [5.74, 6) is 5.85. The summed E-state index contributed by atoms with van der Waals surface area (Å²) >= 11 is 0. The predicted molar refractivity (Wildman–Crippen MR) is 124 cm³/mol. The van der Waals surface area contributed by atoms with E-state index in [0.717, 1.165) is 54.3 Å². The fraction of sp³-hybridized carbons (Fsp3) is 0.929. The Morgan fingerprint density at radius 1 is 0.931 bits per heavy atom. The Morgan fingerprint density at radius 3 is 2.34 bits per heavy atom. The van der Waals surface area contributed by atoms with Crippen LogP contribution in [0.4, 0.5) is 0 Å². The van der Waals surface area contributed by atoms with E-state index in [2.05, 4.69) is 47.6 Å². The number of aliphatic hydroxyl groups excluding tert-OH is 1. The Balaban J connectivity index is 1.50. The lowest BCUT2D eigenvalue weighted by atomic mass is 9.47. The normalized spacial score (nSPS) is 46.5. The van der Waals surface area contributed by atoms with Crippen molar-refractivity contribution in [2.45, 2.75) is 112 Å². The largest absolute Gasteiger partial charge is 0.393 e. The lowest BCUT2D eigenvalue weighted by molar-refractivity contribution is -0.0428. The van der Waals surface area contributed by atoms with Gasteiger partial charge in [0.15, 0.2) is 0 Å². The van der Waals surface area contributed by atoms with Crippen LogP contribution in [0.5, 0.6) is 0 Å². The molecule has 0 radical (unpaired) electrons. The maximum Gasteiger partial charge on any atom is 0.0543 e. The molecule has 9 atom stereocenters. The molecule has 0 heterocycles. The van der Waals surface area contributed by atoms with Crippen molar-refractivity contribution in [1.82, 2.24) is 0 Å². The van der Waals surface area contributed by atoms with Gasteiger partial charge in [-0.3, -0.25) is 0 Å².